The van der Waals surface area contributed by atoms with E-state index in [0.717, 1.165) is 10.1 Å². The van der Waals surface area contributed by atoms with Crippen molar-refractivity contribution < 1.29 is 14.0 Å². The van der Waals surface area contributed by atoms with E-state index in [1.165, 1.54) is 12.1 Å². The average Bonchev–Trinajstić information content (AvgIpc) is 2.72. The van der Waals surface area contributed by atoms with Crippen LogP contribution in [0.3, 0.4) is 0 Å². The van der Waals surface area contributed by atoms with Crippen molar-refractivity contribution in [3.8, 4) is 6.07 Å². The van der Waals surface area contributed by atoms with E-state index in [9.17, 15) is 20.0 Å². The number of hydrogen-bond acceptors (Lipinski definition) is 6. The maximum absolute atomic E-state index is 13.6. The first-order valence-electron chi connectivity index (χ1n) is 12.0. The number of hydrogen-bond donors (Lipinski definition) is 2. The summed E-state index contributed by atoms with van der Waals surface area (Å²) in [6.45, 7) is 0.839. The van der Waals surface area contributed by atoms with Crippen LogP contribution in [0.4, 0.5) is 5.69 Å². The number of aromatic carboxylic acids is 1. The maximum atomic E-state index is 13.6. The number of nitrogens with one attached hydrogen (secondary N) is 1. The Morgan fingerprint density at radius 3 is 2.73 bits per heavy atom. The fraction of sp³-hybridized carbons (Fsp3) is 0.375. The normalized spacial score (nSPS) is 25.6. The molecule has 3 fully saturated rings. The molecule has 9 heteroatoms. The second kappa shape index (κ2) is 7.03. The van der Waals surface area contributed by atoms with Crippen LogP contribution in [0.15, 0.2) is 29.1 Å². The predicted molar refractivity (Wildman–Crippen MR) is 124 cm³/mol. The third kappa shape index (κ3) is 3.10. The molecule has 0 amide bonds. The number of fused-ring (bicyclic) bond motifs is 1. The highest BCUT2D eigenvalue weighted by Crippen LogP contribution is 2.72. The third-order valence-electron chi connectivity index (χ3n) is 6.79. The molecule has 2 bridgehead atoms. The van der Waals surface area contributed by atoms with Gasteiger partial charge in [0.15, 0.2) is 5.69 Å². The first-order valence-corrected chi connectivity index (χ1v) is 10.8. The van der Waals surface area contributed by atoms with E-state index in [4.69, 9.17) is 20.7 Å². The van der Waals surface area contributed by atoms with Crippen LogP contribution >= 0.6 is 11.6 Å². The number of rotatable bonds is 5. The molecule has 0 aliphatic heterocycles. The fourth-order valence-corrected chi connectivity index (χ4v) is 5.47. The Morgan fingerprint density at radius 1 is 1.36 bits per heavy atom. The first kappa shape index (κ1) is 18.0. The minimum Gasteiger partial charge on any atom is -0.476 e. The lowest BCUT2D eigenvalue weighted by atomic mass is 9.35. The molecule has 3 aliphatic rings. The number of carbonyl (C=O) groups is 1. The van der Waals surface area contributed by atoms with Crippen molar-refractivity contribution in [2.24, 2.45) is 12.4 Å². The van der Waals surface area contributed by atoms with Crippen molar-refractivity contribution in [1.29, 1.82) is 5.26 Å². The molecule has 0 radical (unpaired) electrons. The number of anilines is 1. The van der Waals surface area contributed by atoms with Crippen LogP contribution in [0.1, 0.15) is 63.8 Å². The van der Waals surface area contributed by atoms with Crippen LogP contribution in [0.25, 0.3) is 10.9 Å². The Kier molecular flexibility index (Phi) is 3.84. The molecule has 33 heavy (non-hydrogen) atoms. The van der Waals surface area contributed by atoms with Gasteiger partial charge in [0, 0.05) is 22.1 Å². The van der Waals surface area contributed by atoms with E-state index in [1.54, 1.807) is 19.9 Å². The van der Waals surface area contributed by atoms with E-state index in [2.05, 4.69) is 16.4 Å². The van der Waals surface area contributed by atoms with E-state index in [1.807, 2.05) is 6.07 Å². The number of aromatic nitrogens is 3. The van der Waals surface area contributed by atoms with Gasteiger partial charge in [0.1, 0.15) is 11.0 Å². The molecule has 2 N–H and O–H groups in total. The Bertz CT molecular complexity index is 1540. The summed E-state index contributed by atoms with van der Waals surface area (Å²) < 4.78 is 24.9. The Morgan fingerprint density at radius 2 is 2.09 bits per heavy atom. The molecule has 3 saturated carbocycles. The Balaban J connectivity index is 1.68. The Labute approximate surface area is 199 Å². The number of nitriles is 1. The van der Waals surface area contributed by atoms with Crippen LogP contribution in [0, 0.1) is 23.7 Å². The smallest absolute Gasteiger partial charge is 0.356 e. The minimum atomic E-state index is -2.73. The van der Waals surface area contributed by atoms with E-state index >= 15 is 0 Å². The quantitative estimate of drug-likeness (QED) is 0.542. The largest absolute Gasteiger partial charge is 0.476 e. The summed E-state index contributed by atoms with van der Waals surface area (Å²) in [6, 6.07) is 8.20. The molecule has 2 aromatic heterocycles. The van der Waals surface area contributed by atoms with Gasteiger partial charge in [0.05, 0.1) is 34.1 Å². The second-order valence-corrected chi connectivity index (χ2v) is 9.62. The molecule has 3 aromatic rings. The van der Waals surface area contributed by atoms with Gasteiger partial charge in [-0.15, -0.1) is 0 Å². The molecule has 1 atom stereocenters. The van der Waals surface area contributed by atoms with Crippen LogP contribution in [0.5, 0.6) is 0 Å². The molecule has 1 aromatic carbocycles. The van der Waals surface area contributed by atoms with Gasteiger partial charge in [-0.2, -0.15) is 5.26 Å². The molecular weight excluding hydrogens is 442 g/mol. The molecule has 3 aliphatic carbocycles. The monoisotopic (exact) mass is 466 g/mol. The molecule has 8 nitrogen and oxygen atoms in total. The van der Waals surface area contributed by atoms with Crippen molar-refractivity contribution in [3.05, 3.63) is 62.4 Å². The standard InChI is InChI=1S/C24H22ClN5O3/c1-12-6-14(13(2)27-16-4-5-17(25)28-19(16)21(32)33)18-15(7-12)20(31)30(3)22(29-18)24-8-23(9-24,10-24)11-26/h4-7,13,27H,8-10H2,1-3H3,(H,32,33)/t13-,23?,24?/m1/s1/i3D3. The van der Waals surface area contributed by atoms with Crippen molar-refractivity contribution in [1.82, 2.24) is 14.5 Å². The minimum absolute atomic E-state index is 0.0387. The van der Waals surface area contributed by atoms with Crippen LogP contribution in [0.2, 0.25) is 5.15 Å². The number of carboxylic acids is 1. The molecule has 0 spiro atoms. The van der Waals surface area contributed by atoms with Crippen molar-refractivity contribution in [3.63, 3.8) is 0 Å². The van der Waals surface area contributed by atoms with Gasteiger partial charge in [-0.3, -0.25) is 9.36 Å². The highest BCUT2D eigenvalue weighted by molar-refractivity contribution is 6.29. The van der Waals surface area contributed by atoms with Crippen molar-refractivity contribution >= 4 is 34.2 Å². The summed E-state index contributed by atoms with van der Waals surface area (Å²) in [5.41, 5.74) is -0.0944. The molecule has 0 saturated heterocycles. The first-order chi connectivity index (χ1) is 16.8. The second-order valence-electron chi connectivity index (χ2n) is 9.23. The zero-order valence-electron chi connectivity index (χ0n) is 20.9. The molecule has 168 valence electrons. The summed E-state index contributed by atoms with van der Waals surface area (Å²) in [4.78, 5) is 33.9. The number of nitrogens with zero attached hydrogens (tertiary/aromatic N) is 4. The lowest BCUT2D eigenvalue weighted by Crippen LogP contribution is -2.65. The van der Waals surface area contributed by atoms with Gasteiger partial charge >= 0.3 is 5.97 Å². The van der Waals surface area contributed by atoms with Gasteiger partial charge < -0.3 is 10.4 Å². The lowest BCUT2D eigenvalue weighted by Gasteiger charge is -2.66. The van der Waals surface area contributed by atoms with Crippen molar-refractivity contribution in [2.45, 2.75) is 44.6 Å². The third-order valence-corrected chi connectivity index (χ3v) is 7.00. The van der Waals surface area contributed by atoms with Crippen molar-refractivity contribution in [2.75, 3.05) is 5.32 Å². The average molecular weight is 467 g/mol. The summed E-state index contributed by atoms with van der Waals surface area (Å²) in [5, 5.41) is 22.3. The van der Waals surface area contributed by atoms with E-state index in [0.29, 0.717) is 30.3 Å². The van der Waals surface area contributed by atoms with Gasteiger partial charge in [0.2, 0.25) is 0 Å². The number of aryl methyl sites for hydroxylation is 1. The van der Waals surface area contributed by atoms with Gasteiger partial charge in [-0.05, 0) is 56.9 Å². The highest BCUT2D eigenvalue weighted by Gasteiger charge is 2.70. The van der Waals surface area contributed by atoms with Crippen LogP contribution < -0.4 is 10.9 Å². The SMILES string of the molecule is [2H]C([2H])([2H])n1c(C23CC(C#N)(C2)C3)nc2c([C@@H](C)Nc3ccc(Cl)nc3C(=O)O)cc(C)cc2c1=O. The van der Waals surface area contributed by atoms with E-state index < -0.39 is 35.4 Å². The molecular formula is C24H22ClN5O3. The number of halogens is 1. The molecule has 0 unspecified atom stereocenters. The highest BCUT2D eigenvalue weighted by atomic mass is 35.5. The fourth-order valence-electron chi connectivity index (χ4n) is 5.32. The zero-order chi connectivity index (χ0) is 26.2. The van der Waals surface area contributed by atoms with Gasteiger partial charge in [0.25, 0.3) is 5.56 Å². The van der Waals surface area contributed by atoms with Gasteiger partial charge in [-0.25, -0.2) is 14.8 Å². The maximum Gasteiger partial charge on any atom is 0.356 e. The molecule has 6 rings (SSSR count). The summed E-state index contributed by atoms with van der Waals surface area (Å²) in [7, 11) is 0. The summed E-state index contributed by atoms with van der Waals surface area (Å²) >= 11 is 5.87. The number of benzene rings is 1. The summed E-state index contributed by atoms with van der Waals surface area (Å²) in [6.07, 6.45) is 1.41. The van der Waals surface area contributed by atoms with Crippen LogP contribution in [-0.2, 0) is 12.4 Å². The molecule has 2 heterocycles. The predicted octanol–water partition coefficient (Wildman–Crippen LogP) is 4.11. The van der Waals surface area contributed by atoms with E-state index in [-0.39, 0.29) is 27.7 Å². The zero-order valence-corrected chi connectivity index (χ0v) is 18.7. The lowest BCUT2D eigenvalue weighted by molar-refractivity contribution is -0.101. The Hall–Kier alpha value is -3.44. The topological polar surface area (TPSA) is 121 Å². The summed E-state index contributed by atoms with van der Waals surface area (Å²) in [5.74, 6) is -1.08. The van der Waals surface area contributed by atoms with Crippen LogP contribution in [-0.4, -0.2) is 25.6 Å². The number of pyridine rings is 1. The van der Waals surface area contributed by atoms with Gasteiger partial charge in [-0.1, -0.05) is 17.7 Å². The number of carboxylic acid groups (broad SMARTS) is 1.